The van der Waals surface area contributed by atoms with Crippen molar-refractivity contribution in [2.75, 3.05) is 0 Å². The standard InChI is InChI=1S/C19H19NOS/c21-14-17-9-5-4-8-16(17)12-20-13-18-10-11-19(22-18)15-6-2-1-3-7-15/h1-11,20-21H,12-14H2. The Morgan fingerprint density at radius 1 is 0.773 bits per heavy atom. The molecule has 3 heteroatoms. The first-order valence-corrected chi connectivity index (χ1v) is 8.21. The Bertz CT molecular complexity index is 721. The summed E-state index contributed by atoms with van der Waals surface area (Å²) in [6.07, 6.45) is 0. The molecule has 0 aliphatic rings. The minimum Gasteiger partial charge on any atom is -0.392 e. The molecule has 0 bridgehead atoms. The Morgan fingerprint density at radius 3 is 2.27 bits per heavy atom. The van der Waals surface area contributed by atoms with Crippen molar-refractivity contribution in [3.05, 3.63) is 82.7 Å². The number of aliphatic hydroxyl groups excluding tert-OH is 1. The number of benzene rings is 2. The lowest BCUT2D eigenvalue weighted by atomic mass is 10.1. The van der Waals surface area contributed by atoms with Gasteiger partial charge in [0.2, 0.25) is 0 Å². The van der Waals surface area contributed by atoms with Gasteiger partial charge in [-0.05, 0) is 28.8 Å². The summed E-state index contributed by atoms with van der Waals surface area (Å²) >= 11 is 1.82. The second-order valence-electron chi connectivity index (χ2n) is 5.16. The van der Waals surface area contributed by atoms with Crippen molar-refractivity contribution in [1.82, 2.24) is 5.32 Å². The molecule has 2 aromatic carbocycles. The van der Waals surface area contributed by atoms with E-state index in [1.54, 1.807) is 0 Å². The number of rotatable bonds is 6. The first kappa shape index (κ1) is 15.0. The molecule has 1 heterocycles. The average molecular weight is 309 g/mol. The smallest absolute Gasteiger partial charge is 0.0685 e. The van der Waals surface area contributed by atoms with Gasteiger partial charge in [0.05, 0.1) is 6.61 Å². The number of nitrogens with one attached hydrogen (secondary N) is 1. The maximum Gasteiger partial charge on any atom is 0.0685 e. The Labute approximate surface area is 135 Å². The fourth-order valence-corrected chi connectivity index (χ4v) is 3.42. The monoisotopic (exact) mass is 309 g/mol. The Kier molecular flexibility index (Phi) is 5.01. The molecular formula is C19H19NOS. The van der Waals surface area contributed by atoms with Crippen LogP contribution >= 0.6 is 11.3 Å². The molecule has 3 rings (SSSR count). The predicted molar refractivity (Wildman–Crippen MR) is 92.7 cm³/mol. The molecule has 0 saturated heterocycles. The third-order valence-corrected chi connectivity index (χ3v) is 4.76. The Morgan fingerprint density at radius 2 is 1.50 bits per heavy atom. The van der Waals surface area contributed by atoms with E-state index in [4.69, 9.17) is 0 Å². The van der Waals surface area contributed by atoms with E-state index in [2.05, 4.69) is 47.8 Å². The van der Waals surface area contributed by atoms with Gasteiger partial charge >= 0.3 is 0 Å². The summed E-state index contributed by atoms with van der Waals surface area (Å²) in [5.74, 6) is 0. The van der Waals surface area contributed by atoms with Gasteiger partial charge in [0.1, 0.15) is 0 Å². The fraction of sp³-hybridized carbons (Fsp3) is 0.158. The second kappa shape index (κ2) is 7.36. The van der Waals surface area contributed by atoms with Crippen LogP contribution in [0.1, 0.15) is 16.0 Å². The highest BCUT2D eigenvalue weighted by atomic mass is 32.1. The summed E-state index contributed by atoms with van der Waals surface area (Å²) in [6.45, 7) is 1.71. The van der Waals surface area contributed by atoms with Crippen molar-refractivity contribution in [2.45, 2.75) is 19.7 Å². The summed E-state index contributed by atoms with van der Waals surface area (Å²) in [6, 6.07) is 22.8. The molecule has 0 atom stereocenters. The summed E-state index contributed by atoms with van der Waals surface area (Å²) in [5.41, 5.74) is 3.42. The van der Waals surface area contributed by atoms with Gasteiger partial charge in [0, 0.05) is 22.8 Å². The molecule has 0 saturated carbocycles. The fourth-order valence-electron chi connectivity index (χ4n) is 2.44. The topological polar surface area (TPSA) is 32.3 Å². The van der Waals surface area contributed by atoms with E-state index < -0.39 is 0 Å². The SMILES string of the molecule is OCc1ccccc1CNCc1ccc(-c2ccccc2)s1. The van der Waals surface area contributed by atoms with Crippen LogP contribution in [-0.2, 0) is 19.7 Å². The van der Waals surface area contributed by atoms with Crippen LogP contribution in [0, 0.1) is 0 Å². The summed E-state index contributed by atoms with van der Waals surface area (Å²) in [5, 5.41) is 12.8. The molecule has 3 aromatic rings. The van der Waals surface area contributed by atoms with Crippen LogP contribution < -0.4 is 5.32 Å². The van der Waals surface area contributed by atoms with E-state index >= 15 is 0 Å². The van der Waals surface area contributed by atoms with Gasteiger partial charge in [0.25, 0.3) is 0 Å². The first-order chi connectivity index (χ1) is 10.9. The minimum absolute atomic E-state index is 0.0923. The molecule has 0 aliphatic heterocycles. The molecule has 0 aliphatic carbocycles. The molecule has 0 unspecified atom stereocenters. The molecule has 0 fully saturated rings. The van der Waals surface area contributed by atoms with Crippen molar-refractivity contribution >= 4 is 11.3 Å². The van der Waals surface area contributed by atoms with Crippen molar-refractivity contribution in [2.24, 2.45) is 0 Å². The Hall–Kier alpha value is -1.94. The van der Waals surface area contributed by atoms with Gasteiger partial charge in [-0.1, -0.05) is 54.6 Å². The quantitative estimate of drug-likeness (QED) is 0.715. The molecule has 0 amide bonds. The molecule has 0 radical (unpaired) electrons. The van der Waals surface area contributed by atoms with Crippen LogP contribution in [0.3, 0.4) is 0 Å². The van der Waals surface area contributed by atoms with E-state index in [0.29, 0.717) is 0 Å². The third-order valence-electron chi connectivity index (χ3n) is 3.62. The lowest BCUT2D eigenvalue weighted by Crippen LogP contribution is -2.13. The molecule has 1 aromatic heterocycles. The third kappa shape index (κ3) is 3.63. The minimum atomic E-state index is 0.0923. The van der Waals surface area contributed by atoms with E-state index in [-0.39, 0.29) is 6.61 Å². The van der Waals surface area contributed by atoms with Crippen LogP contribution in [0.25, 0.3) is 10.4 Å². The molecule has 112 valence electrons. The van der Waals surface area contributed by atoms with Crippen molar-refractivity contribution in [3.8, 4) is 10.4 Å². The molecule has 22 heavy (non-hydrogen) atoms. The van der Waals surface area contributed by atoms with Crippen molar-refractivity contribution in [3.63, 3.8) is 0 Å². The zero-order chi connectivity index (χ0) is 15.2. The lowest BCUT2D eigenvalue weighted by Gasteiger charge is -2.07. The summed E-state index contributed by atoms with van der Waals surface area (Å²) in [7, 11) is 0. The molecule has 0 spiro atoms. The largest absolute Gasteiger partial charge is 0.392 e. The van der Waals surface area contributed by atoms with Gasteiger partial charge < -0.3 is 10.4 Å². The van der Waals surface area contributed by atoms with E-state index in [1.807, 2.05) is 35.6 Å². The van der Waals surface area contributed by atoms with Crippen molar-refractivity contribution < 1.29 is 5.11 Å². The van der Waals surface area contributed by atoms with Gasteiger partial charge in [-0.3, -0.25) is 0 Å². The summed E-state index contributed by atoms with van der Waals surface area (Å²) < 4.78 is 0. The highest BCUT2D eigenvalue weighted by molar-refractivity contribution is 7.15. The number of aliphatic hydroxyl groups is 1. The highest BCUT2D eigenvalue weighted by Gasteiger charge is 2.03. The van der Waals surface area contributed by atoms with Gasteiger partial charge in [-0.25, -0.2) is 0 Å². The van der Waals surface area contributed by atoms with Crippen molar-refractivity contribution in [1.29, 1.82) is 0 Å². The van der Waals surface area contributed by atoms with Crippen LogP contribution in [0.4, 0.5) is 0 Å². The summed E-state index contributed by atoms with van der Waals surface area (Å²) in [4.78, 5) is 2.62. The first-order valence-electron chi connectivity index (χ1n) is 7.39. The van der Waals surface area contributed by atoms with Gasteiger partial charge in [-0.2, -0.15) is 0 Å². The zero-order valence-electron chi connectivity index (χ0n) is 12.3. The van der Waals surface area contributed by atoms with Crippen LogP contribution in [0.15, 0.2) is 66.7 Å². The average Bonchev–Trinajstić information content (AvgIpc) is 3.05. The van der Waals surface area contributed by atoms with Crippen LogP contribution in [-0.4, -0.2) is 5.11 Å². The second-order valence-corrected chi connectivity index (χ2v) is 6.33. The predicted octanol–water partition coefficient (Wildman–Crippen LogP) is 4.20. The molecular weight excluding hydrogens is 290 g/mol. The van der Waals surface area contributed by atoms with Crippen LogP contribution in [0.2, 0.25) is 0 Å². The zero-order valence-corrected chi connectivity index (χ0v) is 13.1. The molecule has 2 N–H and O–H groups in total. The number of thiophene rings is 1. The van der Waals surface area contributed by atoms with E-state index in [9.17, 15) is 5.11 Å². The number of hydrogen-bond donors (Lipinski definition) is 2. The maximum absolute atomic E-state index is 9.34. The normalized spacial score (nSPS) is 10.8. The Balaban J connectivity index is 1.60. The van der Waals surface area contributed by atoms with E-state index in [0.717, 1.165) is 24.2 Å². The van der Waals surface area contributed by atoms with Gasteiger partial charge in [0.15, 0.2) is 0 Å². The van der Waals surface area contributed by atoms with E-state index in [1.165, 1.54) is 15.3 Å². The maximum atomic E-state index is 9.34. The number of hydrogen-bond acceptors (Lipinski definition) is 3. The lowest BCUT2D eigenvalue weighted by molar-refractivity contribution is 0.280. The van der Waals surface area contributed by atoms with Crippen LogP contribution in [0.5, 0.6) is 0 Å². The van der Waals surface area contributed by atoms with Gasteiger partial charge in [-0.15, -0.1) is 11.3 Å². The highest BCUT2D eigenvalue weighted by Crippen LogP contribution is 2.27. The molecule has 2 nitrogen and oxygen atoms in total.